The summed E-state index contributed by atoms with van der Waals surface area (Å²) in [5, 5.41) is 47.6. The van der Waals surface area contributed by atoms with E-state index in [1.165, 1.54) is 30.3 Å². The van der Waals surface area contributed by atoms with E-state index >= 15 is 0 Å². The Morgan fingerprint density at radius 1 is 0.908 bits per heavy atom. The number of fused-ring (bicyclic) bond motifs is 2. The van der Waals surface area contributed by atoms with Gasteiger partial charge in [0.25, 0.3) is 11.4 Å². The van der Waals surface area contributed by atoms with E-state index in [1.54, 1.807) is 60.5 Å². The first-order valence-corrected chi connectivity index (χ1v) is 21.9. The lowest BCUT2D eigenvalue weighted by Gasteiger charge is -2.59. The van der Waals surface area contributed by atoms with Crippen LogP contribution in [0.1, 0.15) is 67.6 Å². The van der Waals surface area contributed by atoms with Crippen LogP contribution in [0.25, 0.3) is 6.08 Å². The van der Waals surface area contributed by atoms with Crippen LogP contribution in [0.15, 0.2) is 133 Å². The van der Waals surface area contributed by atoms with Crippen LogP contribution in [0.5, 0.6) is 17.2 Å². The molecule has 0 bridgehead atoms. The molecule has 1 heterocycles. The standard InChI is InChI=1S/C50H54N4O11/c1-3-28-62-50-46(52(2)47(57)25-20-34-18-21-37(22-19-34)53(58)59)32-44(51-63-33-35-12-5-4-6-13-35)42-29-36(14-7-9-26-55)41(17-8-10-27-56)48(49(42)50)43-31-40(23-24-45(43)65-50)64-39-16-11-15-38(30-39)54(60)61/h3-6,11-13,15-16,18-25,29-31,36,41,46,48-49,55-56H,1,7-10,14,17,26-28,32-33H2,2H3/t36-,41+,46-,48+,49+,50+/m0/s1. The van der Waals surface area contributed by atoms with Gasteiger partial charge in [-0.25, -0.2) is 0 Å². The second-order valence-electron chi connectivity index (χ2n) is 16.5. The highest BCUT2D eigenvalue weighted by Gasteiger charge is 2.65. The molecule has 6 atom stereocenters. The summed E-state index contributed by atoms with van der Waals surface area (Å²) >= 11 is 0. The van der Waals surface area contributed by atoms with Crippen LogP contribution in [0.2, 0.25) is 0 Å². The first kappa shape index (κ1) is 46.3. The number of benzene rings is 4. The molecular weight excluding hydrogens is 833 g/mol. The number of likely N-dealkylation sites (N-methyl/N-ethyl adjacent to an activating group) is 1. The third-order valence-electron chi connectivity index (χ3n) is 12.5. The van der Waals surface area contributed by atoms with E-state index in [4.69, 9.17) is 24.2 Å². The Labute approximate surface area is 377 Å². The number of rotatable bonds is 21. The number of nitro groups is 2. The number of aliphatic hydroxyl groups is 2. The fourth-order valence-corrected chi connectivity index (χ4v) is 9.49. The zero-order valence-electron chi connectivity index (χ0n) is 36.3. The monoisotopic (exact) mass is 886 g/mol. The van der Waals surface area contributed by atoms with Crippen LogP contribution >= 0.6 is 0 Å². The summed E-state index contributed by atoms with van der Waals surface area (Å²) in [6, 6.07) is 26.2. The molecule has 0 spiro atoms. The number of nitro benzene ring substituents is 2. The van der Waals surface area contributed by atoms with E-state index < -0.39 is 27.6 Å². The third kappa shape index (κ3) is 10.5. The van der Waals surface area contributed by atoms with Crippen molar-refractivity contribution in [1.29, 1.82) is 0 Å². The quantitative estimate of drug-likeness (QED) is 0.0266. The molecule has 15 nitrogen and oxygen atoms in total. The van der Waals surface area contributed by atoms with Crippen LogP contribution < -0.4 is 9.47 Å². The Balaban J connectivity index is 1.39. The van der Waals surface area contributed by atoms with Gasteiger partial charge in [0.05, 0.1) is 34.1 Å². The number of amides is 1. The molecule has 340 valence electrons. The number of hydrogen-bond donors (Lipinski definition) is 2. The third-order valence-corrected chi connectivity index (χ3v) is 12.5. The number of allylic oxidation sites excluding steroid dienone is 1. The molecule has 0 saturated heterocycles. The summed E-state index contributed by atoms with van der Waals surface area (Å²) in [6.45, 7) is 4.33. The van der Waals surface area contributed by atoms with E-state index in [0.717, 1.165) is 42.4 Å². The van der Waals surface area contributed by atoms with Gasteiger partial charge in [0.1, 0.15) is 29.9 Å². The highest BCUT2D eigenvalue weighted by molar-refractivity contribution is 6.03. The van der Waals surface area contributed by atoms with Crippen molar-refractivity contribution in [2.75, 3.05) is 26.9 Å². The lowest BCUT2D eigenvalue weighted by atomic mass is 9.55. The SMILES string of the molecule is C=CCO[C@@]12Oc3ccc(Oc4cccc([N+](=O)[O-])c4)cc3[C@H]3[C@H](CCCCO)[C@@H](CCCCO)C=C(C(=NOCc4ccccc4)C[C@@H]1N(C)C(=O)C=Cc1ccc([N+](=O)[O-])cc1)[C@H]32. The van der Waals surface area contributed by atoms with Crippen LogP contribution in [0.4, 0.5) is 11.4 Å². The number of hydrogen-bond acceptors (Lipinski definition) is 12. The van der Waals surface area contributed by atoms with Crippen molar-refractivity contribution in [3.05, 3.63) is 164 Å². The van der Waals surface area contributed by atoms with Gasteiger partial charge in [-0.1, -0.05) is 66.5 Å². The number of nitrogens with zero attached hydrogens (tertiary/aromatic N) is 4. The fourth-order valence-electron chi connectivity index (χ4n) is 9.49. The normalized spacial score (nSPS) is 22.5. The maximum Gasteiger partial charge on any atom is 0.273 e. The Morgan fingerprint density at radius 2 is 1.63 bits per heavy atom. The second-order valence-corrected chi connectivity index (χ2v) is 16.5. The average molecular weight is 887 g/mol. The molecule has 2 N–H and O–H groups in total. The number of ether oxygens (including phenoxy) is 3. The van der Waals surface area contributed by atoms with Gasteiger partial charge in [-0.15, -0.1) is 6.58 Å². The minimum absolute atomic E-state index is 0.0132. The minimum atomic E-state index is -1.50. The second kappa shape index (κ2) is 21.3. The van der Waals surface area contributed by atoms with Gasteiger partial charge in [0, 0.05) is 62.4 Å². The Bertz CT molecular complexity index is 2420. The van der Waals surface area contributed by atoms with Gasteiger partial charge >= 0.3 is 0 Å². The van der Waals surface area contributed by atoms with Crippen molar-refractivity contribution in [1.82, 2.24) is 4.90 Å². The van der Waals surface area contributed by atoms with Crippen LogP contribution in [-0.4, -0.2) is 75.3 Å². The highest BCUT2D eigenvalue weighted by Crippen LogP contribution is 2.62. The molecular formula is C50H54N4O11. The number of unbranched alkanes of at least 4 members (excludes halogenated alkanes) is 2. The van der Waals surface area contributed by atoms with Crippen LogP contribution in [-0.2, 0) is 21.0 Å². The zero-order chi connectivity index (χ0) is 45.9. The molecule has 1 amide bonds. The zero-order valence-corrected chi connectivity index (χ0v) is 36.3. The molecule has 4 aromatic rings. The molecule has 1 aliphatic heterocycles. The Hall–Kier alpha value is -6.68. The predicted octanol–water partition coefficient (Wildman–Crippen LogP) is 9.30. The molecule has 1 fully saturated rings. The minimum Gasteiger partial charge on any atom is -0.459 e. The smallest absolute Gasteiger partial charge is 0.273 e. The molecule has 1 saturated carbocycles. The molecule has 7 rings (SSSR count). The number of aliphatic hydroxyl groups excluding tert-OH is 2. The summed E-state index contributed by atoms with van der Waals surface area (Å²) in [6.07, 6.45) is 11.2. The molecule has 3 aliphatic rings. The van der Waals surface area contributed by atoms with Gasteiger partial charge in [-0.2, -0.15) is 0 Å². The van der Waals surface area contributed by atoms with Crippen LogP contribution in [0.3, 0.4) is 0 Å². The maximum absolute atomic E-state index is 14.4. The van der Waals surface area contributed by atoms with Crippen molar-refractivity contribution in [3.8, 4) is 17.2 Å². The van der Waals surface area contributed by atoms with Crippen molar-refractivity contribution in [2.24, 2.45) is 22.9 Å². The number of carbonyl (C=O) groups is 1. The van der Waals surface area contributed by atoms with Crippen molar-refractivity contribution < 1.29 is 43.9 Å². The van der Waals surface area contributed by atoms with E-state index in [-0.39, 0.29) is 73.6 Å². The lowest BCUT2D eigenvalue weighted by Crippen LogP contribution is -2.69. The van der Waals surface area contributed by atoms with Crippen molar-refractivity contribution in [3.63, 3.8) is 0 Å². The van der Waals surface area contributed by atoms with Crippen molar-refractivity contribution in [2.45, 2.75) is 69.3 Å². The number of oxime groups is 1. The number of non-ortho nitro benzene ring substituents is 2. The summed E-state index contributed by atoms with van der Waals surface area (Å²) in [5.74, 6) is -1.63. The fraction of sp³-hybridized carbons (Fsp3) is 0.360. The molecule has 65 heavy (non-hydrogen) atoms. The molecule has 0 unspecified atom stereocenters. The summed E-state index contributed by atoms with van der Waals surface area (Å²) < 4.78 is 20.5. The van der Waals surface area contributed by atoms with Crippen LogP contribution in [0, 0.1) is 38.0 Å². The topological polar surface area (TPSA) is 196 Å². The molecule has 15 heteroatoms. The summed E-state index contributed by atoms with van der Waals surface area (Å²) in [7, 11) is 1.69. The van der Waals surface area contributed by atoms with Gasteiger partial charge in [-0.3, -0.25) is 25.0 Å². The van der Waals surface area contributed by atoms with Gasteiger partial charge in [0.15, 0.2) is 0 Å². The lowest BCUT2D eigenvalue weighted by molar-refractivity contribution is -0.385. The van der Waals surface area contributed by atoms with E-state index in [1.807, 2.05) is 36.4 Å². The Kier molecular flexibility index (Phi) is 15.2. The van der Waals surface area contributed by atoms with E-state index in [0.29, 0.717) is 35.6 Å². The van der Waals surface area contributed by atoms with E-state index in [9.17, 15) is 35.2 Å². The largest absolute Gasteiger partial charge is 0.459 e. The maximum atomic E-state index is 14.4. The van der Waals surface area contributed by atoms with Gasteiger partial charge < -0.3 is 34.2 Å². The Morgan fingerprint density at radius 3 is 2.34 bits per heavy atom. The predicted molar refractivity (Wildman–Crippen MR) is 244 cm³/mol. The van der Waals surface area contributed by atoms with Gasteiger partial charge in [0.2, 0.25) is 11.7 Å². The number of carbonyl (C=O) groups excluding carboxylic acids is 1. The molecule has 4 aromatic carbocycles. The molecule has 2 aliphatic carbocycles. The summed E-state index contributed by atoms with van der Waals surface area (Å²) in [5.41, 5.74) is 3.63. The van der Waals surface area contributed by atoms with Crippen molar-refractivity contribution >= 4 is 29.1 Å². The first-order valence-electron chi connectivity index (χ1n) is 21.9. The first-order chi connectivity index (χ1) is 31.6. The molecule has 0 radical (unpaired) electrons. The highest BCUT2D eigenvalue weighted by atomic mass is 16.7. The average Bonchev–Trinajstić information content (AvgIpc) is 3.31. The summed E-state index contributed by atoms with van der Waals surface area (Å²) in [4.78, 5) is 44.1. The molecule has 0 aromatic heterocycles. The van der Waals surface area contributed by atoms with Gasteiger partial charge in [-0.05, 0) is 96.7 Å². The van der Waals surface area contributed by atoms with E-state index in [2.05, 4.69) is 12.7 Å².